The zero-order valence-electron chi connectivity index (χ0n) is 10.7. The Kier molecular flexibility index (Phi) is 4.54. The Morgan fingerprint density at radius 1 is 1.63 bits per heavy atom. The Morgan fingerprint density at radius 2 is 2.42 bits per heavy atom. The van der Waals surface area contributed by atoms with Crippen molar-refractivity contribution < 1.29 is 13.2 Å². The summed E-state index contributed by atoms with van der Waals surface area (Å²) in [5, 5.41) is 8.60. The highest BCUT2D eigenvalue weighted by Crippen LogP contribution is 2.09. The number of hydrogen-bond acceptors (Lipinski definition) is 6. The van der Waals surface area contributed by atoms with Crippen molar-refractivity contribution in [2.75, 3.05) is 18.1 Å². The van der Waals surface area contributed by atoms with Gasteiger partial charge in [0.15, 0.2) is 9.84 Å². The van der Waals surface area contributed by atoms with Crippen LogP contribution in [-0.4, -0.2) is 43.4 Å². The van der Waals surface area contributed by atoms with E-state index in [0.29, 0.717) is 13.1 Å². The fraction of sp³-hybridized carbons (Fsp3) is 0.636. The van der Waals surface area contributed by atoms with Gasteiger partial charge in [-0.2, -0.15) is 0 Å². The van der Waals surface area contributed by atoms with Crippen LogP contribution in [0, 0.1) is 6.92 Å². The number of carbonyl (C=O) groups is 1. The van der Waals surface area contributed by atoms with Gasteiger partial charge in [-0.15, -0.1) is 11.3 Å². The predicted molar refractivity (Wildman–Crippen MR) is 73.8 cm³/mol. The zero-order valence-corrected chi connectivity index (χ0v) is 12.3. The topological polar surface area (TPSA) is 88.2 Å². The number of thiazole rings is 1. The summed E-state index contributed by atoms with van der Waals surface area (Å²) >= 11 is 1.50. The Balaban J connectivity index is 1.78. The maximum Gasteiger partial charge on any atom is 0.221 e. The van der Waals surface area contributed by atoms with Crippen molar-refractivity contribution in [2.24, 2.45) is 0 Å². The number of rotatable bonds is 4. The lowest BCUT2D eigenvalue weighted by Gasteiger charge is -2.22. The molecule has 106 valence electrons. The summed E-state index contributed by atoms with van der Waals surface area (Å²) in [6, 6.07) is -0.281. The summed E-state index contributed by atoms with van der Waals surface area (Å²) in [7, 11) is -2.99. The molecule has 1 aliphatic rings. The van der Waals surface area contributed by atoms with E-state index in [1.54, 1.807) is 0 Å². The van der Waals surface area contributed by atoms with Crippen molar-refractivity contribution in [3.63, 3.8) is 0 Å². The highest BCUT2D eigenvalue weighted by molar-refractivity contribution is 7.91. The number of nitrogens with zero attached hydrogens (tertiary/aromatic N) is 1. The first-order chi connectivity index (χ1) is 8.94. The van der Waals surface area contributed by atoms with Crippen LogP contribution in [0.15, 0.2) is 5.38 Å². The smallest absolute Gasteiger partial charge is 0.221 e. The van der Waals surface area contributed by atoms with E-state index in [0.717, 1.165) is 10.7 Å². The molecule has 1 aliphatic heterocycles. The lowest BCUT2D eigenvalue weighted by atomic mass is 10.2. The average Bonchev–Trinajstić information content (AvgIpc) is 2.71. The van der Waals surface area contributed by atoms with E-state index in [9.17, 15) is 13.2 Å². The quantitative estimate of drug-likeness (QED) is 0.807. The maximum atomic E-state index is 11.7. The highest BCUT2D eigenvalue weighted by Gasteiger charge is 2.25. The number of amides is 1. The van der Waals surface area contributed by atoms with E-state index in [1.165, 1.54) is 11.3 Å². The standard InChI is InChI=1S/C11H17N3O3S2/c1-8-6-18-11(14-8)5-13-10(15)4-9-7-19(16,17)3-2-12-9/h6,9,12H,2-5,7H2,1H3,(H,13,15). The number of hydrogen-bond donors (Lipinski definition) is 2. The molecule has 2 heterocycles. The van der Waals surface area contributed by atoms with Gasteiger partial charge in [0.2, 0.25) is 5.91 Å². The molecule has 1 aromatic rings. The van der Waals surface area contributed by atoms with E-state index < -0.39 is 9.84 Å². The third-order valence-corrected chi connectivity index (χ3v) is 5.54. The predicted octanol–water partition coefficient (Wildman–Crippen LogP) is -0.156. The van der Waals surface area contributed by atoms with Crippen molar-refractivity contribution in [1.82, 2.24) is 15.6 Å². The van der Waals surface area contributed by atoms with Gasteiger partial charge in [0.05, 0.1) is 18.1 Å². The van der Waals surface area contributed by atoms with Gasteiger partial charge in [0.25, 0.3) is 0 Å². The van der Waals surface area contributed by atoms with Crippen LogP contribution in [0.3, 0.4) is 0 Å². The molecule has 1 fully saturated rings. The van der Waals surface area contributed by atoms with Crippen molar-refractivity contribution in [3.05, 3.63) is 16.1 Å². The molecule has 0 aliphatic carbocycles. The number of aromatic nitrogens is 1. The summed E-state index contributed by atoms with van der Waals surface area (Å²) in [6.07, 6.45) is 0.184. The van der Waals surface area contributed by atoms with Crippen LogP contribution >= 0.6 is 11.3 Å². The summed E-state index contributed by atoms with van der Waals surface area (Å²) < 4.78 is 22.9. The van der Waals surface area contributed by atoms with Gasteiger partial charge in [0, 0.05) is 30.1 Å². The minimum Gasteiger partial charge on any atom is -0.350 e. The van der Waals surface area contributed by atoms with Gasteiger partial charge in [-0.1, -0.05) is 0 Å². The van der Waals surface area contributed by atoms with Gasteiger partial charge in [-0.05, 0) is 6.92 Å². The molecule has 0 radical (unpaired) electrons. The molecule has 0 spiro atoms. The molecule has 19 heavy (non-hydrogen) atoms. The molecule has 1 atom stereocenters. The van der Waals surface area contributed by atoms with Crippen molar-refractivity contribution in [3.8, 4) is 0 Å². The first-order valence-corrected chi connectivity index (χ1v) is 8.76. The molecular formula is C11H17N3O3S2. The van der Waals surface area contributed by atoms with E-state index in [-0.39, 0.29) is 29.9 Å². The molecule has 0 aromatic carbocycles. The Morgan fingerprint density at radius 3 is 3.05 bits per heavy atom. The van der Waals surface area contributed by atoms with Crippen molar-refractivity contribution in [2.45, 2.75) is 25.9 Å². The SMILES string of the molecule is Cc1csc(CNC(=O)CC2CS(=O)(=O)CCN2)n1. The number of carbonyl (C=O) groups excluding carboxylic acids is 1. The first kappa shape index (κ1) is 14.4. The molecule has 8 heteroatoms. The first-order valence-electron chi connectivity index (χ1n) is 6.06. The fourth-order valence-corrected chi connectivity index (χ4v) is 4.11. The molecule has 1 saturated heterocycles. The number of sulfone groups is 1. The molecule has 0 bridgehead atoms. The molecule has 2 N–H and O–H groups in total. The van der Waals surface area contributed by atoms with Crippen LogP contribution in [0.25, 0.3) is 0 Å². The fourth-order valence-electron chi connectivity index (χ4n) is 1.95. The van der Waals surface area contributed by atoms with Gasteiger partial charge >= 0.3 is 0 Å². The van der Waals surface area contributed by atoms with Crippen LogP contribution < -0.4 is 10.6 Å². The second-order valence-corrected chi connectivity index (χ2v) is 7.80. The van der Waals surface area contributed by atoms with Crippen molar-refractivity contribution in [1.29, 1.82) is 0 Å². The molecule has 1 unspecified atom stereocenters. The second kappa shape index (κ2) is 5.98. The molecule has 6 nitrogen and oxygen atoms in total. The number of nitrogens with one attached hydrogen (secondary N) is 2. The molecule has 1 aromatic heterocycles. The molecule has 0 saturated carbocycles. The normalized spacial score (nSPS) is 22.1. The van der Waals surface area contributed by atoms with Crippen LogP contribution in [-0.2, 0) is 21.2 Å². The second-order valence-electron chi connectivity index (χ2n) is 4.63. The Bertz CT molecular complexity index is 553. The molecular weight excluding hydrogens is 286 g/mol. The maximum absolute atomic E-state index is 11.7. The Hall–Kier alpha value is -0.990. The van der Waals surface area contributed by atoms with E-state index in [4.69, 9.17) is 0 Å². The average molecular weight is 303 g/mol. The van der Waals surface area contributed by atoms with Gasteiger partial charge in [-0.25, -0.2) is 13.4 Å². The van der Waals surface area contributed by atoms with Crippen LogP contribution in [0.4, 0.5) is 0 Å². The number of aryl methyl sites for hydroxylation is 1. The van der Waals surface area contributed by atoms with Gasteiger partial charge in [-0.3, -0.25) is 4.79 Å². The summed E-state index contributed by atoms with van der Waals surface area (Å²) in [5.74, 6) is 0.0442. The molecule has 1 amide bonds. The van der Waals surface area contributed by atoms with Crippen molar-refractivity contribution >= 4 is 27.1 Å². The summed E-state index contributed by atoms with van der Waals surface area (Å²) in [6.45, 7) is 2.72. The zero-order chi connectivity index (χ0) is 13.9. The van der Waals surface area contributed by atoms with Crippen LogP contribution in [0.2, 0.25) is 0 Å². The molecule has 2 rings (SSSR count). The summed E-state index contributed by atoms with van der Waals surface area (Å²) in [4.78, 5) is 16.0. The third kappa shape index (κ3) is 4.55. The summed E-state index contributed by atoms with van der Waals surface area (Å²) in [5.41, 5.74) is 0.939. The highest BCUT2D eigenvalue weighted by atomic mass is 32.2. The van der Waals surface area contributed by atoms with Crippen LogP contribution in [0.5, 0.6) is 0 Å². The lowest BCUT2D eigenvalue weighted by Crippen LogP contribution is -2.47. The third-order valence-electron chi connectivity index (χ3n) is 2.84. The minimum absolute atomic E-state index is 0.0385. The lowest BCUT2D eigenvalue weighted by molar-refractivity contribution is -0.121. The monoisotopic (exact) mass is 303 g/mol. The van der Waals surface area contributed by atoms with Gasteiger partial charge in [0.1, 0.15) is 5.01 Å². The van der Waals surface area contributed by atoms with Crippen LogP contribution in [0.1, 0.15) is 17.1 Å². The van der Waals surface area contributed by atoms with E-state index in [1.807, 2.05) is 12.3 Å². The largest absolute Gasteiger partial charge is 0.350 e. The van der Waals surface area contributed by atoms with E-state index >= 15 is 0 Å². The van der Waals surface area contributed by atoms with Gasteiger partial charge < -0.3 is 10.6 Å². The Labute approximate surface area is 116 Å². The van der Waals surface area contributed by atoms with E-state index in [2.05, 4.69) is 15.6 Å². The minimum atomic E-state index is -2.99.